The molecule has 0 aromatic heterocycles. The van der Waals surface area contributed by atoms with Crippen LogP contribution in [0.2, 0.25) is 0 Å². The number of carbonyl (C=O) groups excluding carboxylic acids is 1. The fourth-order valence-electron chi connectivity index (χ4n) is 3.28. The summed E-state index contributed by atoms with van der Waals surface area (Å²) >= 11 is 0. The van der Waals surface area contributed by atoms with Gasteiger partial charge < -0.3 is 4.90 Å². The molecule has 1 fully saturated rings. The Labute approximate surface area is 152 Å². The second kappa shape index (κ2) is 8.32. The van der Waals surface area contributed by atoms with E-state index in [0.29, 0.717) is 30.8 Å². The van der Waals surface area contributed by atoms with E-state index in [-0.39, 0.29) is 11.8 Å². The number of hydrogen-bond donors (Lipinski definition) is 0. The zero-order valence-electron chi connectivity index (χ0n) is 15.8. The van der Waals surface area contributed by atoms with Crippen molar-refractivity contribution in [2.24, 2.45) is 5.92 Å². The van der Waals surface area contributed by atoms with E-state index in [2.05, 4.69) is 6.92 Å². The Balaban J connectivity index is 2.04. The summed E-state index contributed by atoms with van der Waals surface area (Å²) < 4.78 is 27.4. The molecule has 0 spiro atoms. The van der Waals surface area contributed by atoms with Gasteiger partial charge >= 0.3 is 0 Å². The molecule has 6 heteroatoms. The van der Waals surface area contributed by atoms with E-state index in [9.17, 15) is 13.2 Å². The molecule has 1 heterocycles. The first-order valence-corrected chi connectivity index (χ1v) is 10.5. The van der Waals surface area contributed by atoms with Gasteiger partial charge in [-0.25, -0.2) is 8.42 Å². The molecule has 0 N–H and O–H groups in total. The van der Waals surface area contributed by atoms with Crippen LogP contribution in [0.3, 0.4) is 0 Å². The average molecular weight is 367 g/mol. The van der Waals surface area contributed by atoms with E-state index in [0.717, 1.165) is 30.5 Å². The molecule has 5 nitrogen and oxygen atoms in total. The Morgan fingerprint density at radius 3 is 2.48 bits per heavy atom. The lowest BCUT2D eigenvalue weighted by Crippen LogP contribution is -2.43. The van der Waals surface area contributed by atoms with Crippen LogP contribution in [0.25, 0.3) is 0 Å². The quantitative estimate of drug-likeness (QED) is 0.778. The van der Waals surface area contributed by atoms with Crippen molar-refractivity contribution in [1.29, 1.82) is 0 Å². The second-order valence-corrected chi connectivity index (χ2v) is 8.97. The highest BCUT2D eigenvalue weighted by atomic mass is 32.2. The molecule has 2 rings (SSSR count). The summed E-state index contributed by atoms with van der Waals surface area (Å²) in [6.07, 6.45) is 3.25. The van der Waals surface area contributed by atoms with Gasteiger partial charge in [0.15, 0.2) is 0 Å². The van der Waals surface area contributed by atoms with Crippen molar-refractivity contribution in [3.05, 3.63) is 29.3 Å². The fraction of sp³-hybridized carbons (Fsp3) is 0.632. The van der Waals surface area contributed by atoms with Crippen LogP contribution in [-0.4, -0.2) is 50.2 Å². The number of aryl methyl sites for hydroxylation is 2. The van der Waals surface area contributed by atoms with Crippen molar-refractivity contribution >= 4 is 15.9 Å². The molecular weight excluding hydrogens is 336 g/mol. The Kier molecular flexibility index (Phi) is 6.63. The molecule has 0 saturated carbocycles. The fourth-order valence-corrected chi connectivity index (χ4v) is 5.06. The Hall–Kier alpha value is -1.40. The summed E-state index contributed by atoms with van der Waals surface area (Å²) in [6, 6.07) is 5.51. The van der Waals surface area contributed by atoms with E-state index in [1.54, 1.807) is 11.0 Å². The summed E-state index contributed by atoms with van der Waals surface area (Å²) in [4.78, 5) is 14.7. The van der Waals surface area contributed by atoms with Gasteiger partial charge in [-0.15, -0.1) is 0 Å². The van der Waals surface area contributed by atoms with Crippen molar-refractivity contribution in [1.82, 2.24) is 9.21 Å². The molecule has 0 radical (unpaired) electrons. The third-order valence-corrected chi connectivity index (χ3v) is 7.03. The van der Waals surface area contributed by atoms with Gasteiger partial charge in [-0.2, -0.15) is 4.31 Å². The van der Waals surface area contributed by atoms with Gasteiger partial charge in [0.05, 0.1) is 4.90 Å². The third-order valence-electron chi connectivity index (χ3n) is 4.99. The van der Waals surface area contributed by atoms with Gasteiger partial charge in [-0.1, -0.05) is 25.5 Å². The van der Waals surface area contributed by atoms with Crippen LogP contribution in [0, 0.1) is 19.8 Å². The van der Waals surface area contributed by atoms with Crippen LogP contribution in [-0.2, 0) is 14.8 Å². The van der Waals surface area contributed by atoms with Gasteiger partial charge in [-0.3, -0.25) is 4.79 Å². The maximum Gasteiger partial charge on any atom is 0.243 e. The minimum Gasteiger partial charge on any atom is -0.346 e. The van der Waals surface area contributed by atoms with Crippen LogP contribution in [0.1, 0.15) is 43.7 Å². The molecule has 1 aromatic carbocycles. The number of amides is 1. The first-order chi connectivity index (χ1) is 11.8. The number of benzene rings is 1. The molecule has 25 heavy (non-hydrogen) atoms. The van der Waals surface area contributed by atoms with E-state index in [4.69, 9.17) is 0 Å². The van der Waals surface area contributed by atoms with Crippen LogP contribution in [0.15, 0.2) is 23.1 Å². The molecule has 1 aliphatic heterocycles. The summed E-state index contributed by atoms with van der Waals surface area (Å²) in [5, 5.41) is 0. The number of sulfonamides is 1. The lowest BCUT2D eigenvalue weighted by atomic mass is 9.96. The van der Waals surface area contributed by atoms with E-state index >= 15 is 0 Å². The highest BCUT2D eigenvalue weighted by Gasteiger charge is 2.33. The largest absolute Gasteiger partial charge is 0.346 e. The van der Waals surface area contributed by atoms with Gasteiger partial charge in [0.2, 0.25) is 15.9 Å². The SMILES string of the molecule is CCCCN(C)C(=O)C1CCN(S(=O)(=O)c2cc(C)ccc2C)CC1. The predicted octanol–water partition coefficient (Wildman–Crippen LogP) is 2.96. The van der Waals surface area contributed by atoms with E-state index in [1.807, 2.05) is 33.0 Å². The number of piperidine rings is 1. The normalized spacial score (nSPS) is 16.8. The molecular formula is C19H30N2O3S. The van der Waals surface area contributed by atoms with E-state index in [1.165, 1.54) is 4.31 Å². The molecule has 1 aliphatic rings. The van der Waals surface area contributed by atoms with Crippen molar-refractivity contribution in [3.63, 3.8) is 0 Å². The highest BCUT2D eigenvalue weighted by molar-refractivity contribution is 7.89. The minimum atomic E-state index is -3.49. The molecule has 0 atom stereocenters. The first kappa shape index (κ1) is 19.9. The molecule has 0 aliphatic carbocycles. The Morgan fingerprint density at radius 2 is 1.88 bits per heavy atom. The van der Waals surface area contributed by atoms with E-state index < -0.39 is 10.0 Å². The van der Waals surface area contributed by atoms with Crippen molar-refractivity contribution in [2.45, 2.75) is 51.3 Å². The van der Waals surface area contributed by atoms with Crippen LogP contribution in [0.4, 0.5) is 0 Å². The predicted molar refractivity (Wildman–Crippen MR) is 99.9 cm³/mol. The van der Waals surface area contributed by atoms with Gasteiger partial charge in [-0.05, 0) is 50.3 Å². The zero-order valence-corrected chi connectivity index (χ0v) is 16.6. The van der Waals surface area contributed by atoms with Gasteiger partial charge in [0, 0.05) is 32.6 Å². The van der Waals surface area contributed by atoms with Crippen molar-refractivity contribution < 1.29 is 13.2 Å². The molecule has 1 amide bonds. The monoisotopic (exact) mass is 366 g/mol. The average Bonchev–Trinajstić information content (AvgIpc) is 2.61. The number of unbranched alkanes of at least 4 members (excludes halogenated alkanes) is 1. The second-order valence-electron chi connectivity index (χ2n) is 7.06. The Bertz CT molecular complexity index is 707. The van der Waals surface area contributed by atoms with Crippen molar-refractivity contribution in [3.8, 4) is 0 Å². The molecule has 1 saturated heterocycles. The number of rotatable bonds is 6. The topological polar surface area (TPSA) is 57.7 Å². The lowest BCUT2D eigenvalue weighted by Gasteiger charge is -2.32. The summed E-state index contributed by atoms with van der Waals surface area (Å²) in [6.45, 7) is 7.42. The number of nitrogens with zero attached hydrogens (tertiary/aromatic N) is 2. The first-order valence-electron chi connectivity index (χ1n) is 9.09. The standard InChI is InChI=1S/C19H30N2O3S/c1-5-6-11-20(4)19(22)17-9-12-21(13-10-17)25(23,24)18-14-15(2)7-8-16(18)3/h7-8,14,17H,5-6,9-13H2,1-4H3. The Morgan fingerprint density at radius 1 is 1.24 bits per heavy atom. The third kappa shape index (κ3) is 4.61. The highest BCUT2D eigenvalue weighted by Crippen LogP contribution is 2.27. The summed E-state index contributed by atoms with van der Waals surface area (Å²) in [5.41, 5.74) is 1.70. The summed E-state index contributed by atoms with van der Waals surface area (Å²) in [7, 11) is -1.65. The van der Waals surface area contributed by atoms with Crippen LogP contribution >= 0.6 is 0 Å². The lowest BCUT2D eigenvalue weighted by molar-refractivity contribution is -0.135. The maximum absolute atomic E-state index is 12.9. The number of hydrogen-bond acceptors (Lipinski definition) is 3. The molecule has 0 bridgehead atoms. The van der Waals surface area contributed by atoms with Crippen LogP contribution in [0.5, 0.6) is 0 Å². The molecule has 1 aromatic rings. The van der Waals surface area contributed by atoms with Crippen LogP contribution < -0.4 is 0 Å². The molecule has 140 valence electrons. The molecule has 0 unspecified atom stereocenters. The number of carbonyl (C=O) groups is 1. The van der Waals surface area contributed by atoms with Crippen molar-refractivity contribution in [2.75, 3.05) is 26.7 Å². The van der Waals surface area contributed by atoms with Gasteiger partial charge in [0.1, 0.15) is 0 Å². The summed E-state index contributed by atoms with van der Waals surface area (Å²) in [5.74, 6) is 0.0872. The smallest absolute Gasteiger partial charge is 0.243 e. The zero-order chi connectivity index (χ0) is 18.6. The maximum atomic E-state index is 12.9. The van der Waals surface area contributed by atoms with Gasteiger partial charge in [0.25, 0.3) is 0 Å². The minimum absolute atomic E-state index is 0.0630.